The fraction of sp³-hybridized carbons (Fsp3) is 1.00. The summed E-state index contributed by atoms with van der Waals surface area (Å²) in [5, 5.41) is 0. The summed E-state index contributed by atoms with van der Waals surface area (Å²) in [6.45, 7) is 9.54. The molecule has 0 amide bonds. The number of hydrogen-bond donors (Lipinski definition) is 0. The quantitative estimate of drug-likeness (QED) is 0.653. The van der Waals surface area contributed by atoms with Gasteiger partial charge in [0, 0.05) is 0 Å². The minimum atomic E-state index is 0.947. The topological polar surface area (TPSA) is 0 Å². The van der Waals surface area contributed by atoms with E-state index < -0.39 is 0 Å². The average molecular weight is 373 g/mol. The molecule has 1 heterocycles. The van der Waals surface area contributed by atoms with Crippen LogP contribution >= 0.6 is 0 Å². The predicted octanol–water partition coefficient (Wildman–Crippen LogP) is 1.32. The van der Waals surface area contributed by atoms with E-state index in [1.807, 2.05) is 0 Å². The molecule has 74 valence electrons. The zero-order valence-electron chi connectivity index (χ0n) is 8.95. The Bertz CT molecular complexity index is 136. The number of hydrogen-bond acceptors (Lipinski definition) is 0. The summed E-state index contributed by atoms with van der Waals surface area (Å²) >= 11 is 3.15. The molecule has 0 aromatic carbocycles. The minimum absolute atomic E-state index is 0.947. The van der Waals surface area contributed by atoms with Crippen LogP contribution in [0, 0.1) is 11.8 Å². The molecule has 0 bridgehead atoms. The molecule has 0 unspecified atom stereocenters. The van der Waals surface area contributed by atoms with Crippen LogP contribution in [0.5, 0.6) is 0 Å². The summed E-state index contributed by atoms with van der Waals surface area (Å²) in [5.41, 5.74) is 0. The molecule has 1 aliphatic heterocycles. The third kappa shape index (κ3) is 5.35. The van der Waals surface area contributed by atoms with Gasteiger partial charge in [0.1, 0.15) is 0 Å². The first-order valence-corrected chi connectivity index (χ1v) is 13.3. The van der Waals surface area contributed by atoms with Crippen molar-refractivity contribution in [3.63, 3.8) is 0 Å². The molecule has 1 fully saturated rings. The van der Waals surface area contributed by atoms with Crippen molar-refractivity contribution in [2.75, 3.05) is 0 Å². The predicted molar refractivity (Wildman–Crippen MR) is 68.1 cm³/mol. The summed E-state index contributed by atoms with van der Waals surface area (Å²) in [6.07, 6.45) is 3.08. The third-order valence-corrected chi connectivity index (χ3v) is 23.1. The van der Waals surface area contributed by atoms with Crippen LogP contribution in [0.15, 0.2) is 0 Å². The van der Waals surface area contributed by atoms with Gasteiger partial charge < -0.3 is 0 Å². The third-order valence-electron chi connectivity index (χ3n) is 1.90. The van der Waals surface area contributed by atoms with E-state index in [1.54, 1.807) is 0 Å². The Morgan fingerprint density at radius 1 is 0.846 bits per heavy atom. The van der Waals surface area contributed by atoms with Gasteiger partial charge >= 0.3 is 101 Å². The molecule has 0 saturated carbocycles. The first-order valence-electron chi connectivity index (χ1n) is 5.05. The molecule has 1 aliphatic rings. The summed E-state index contributed by atoms with van der Waals surface area (Å²) in [5.74, 6) is 1.89. The average Bonchev–Trinajstić information content (AvgIpc) is 2.33. The molecule has 0 aromatic rings. The Kier molecular flexibility index (Phi) is 6.19. The van der Waals surface area contributed by atoms with Gasteiger partial charge in [-0.25, -0.2) is 0 Å². The molecular weight excluding hydrogens is 355 g/mol. The maximum absolute atomic E-state index is 2.38. The van der Waals surface area contributed by atoms with Crippen molar-refractivity contribution in [1.29, 1.82) is 0 Å². The van der Waals surface area contributed by atoms with E-state index in [4.69, 9.17) is 0 Å². The molecule has 0 N–H and O–H groups in total. The van der Waals surface area contributed by atoms with E-state index in [-0.39, 0.29) is 0 Å². The first-order chi connectivity index (χ1) is 6.08. The van der Waals surface area contributed by atoms with Crippen molar-refractivity contribution >= 4 is 49.2 Å². The van der Waals surface area contributed by atoms with E-state index in [0.29, 0.717) is 0 Å². The zero-order valence-corrected chi connectivity index (χ0v) is 14.1. The van der Waals surface area contributed by atoms with E-state index in [1.165, 1.54) is 21.3 Å². The van der Waals surface area contributed by atoms with E-state index in [2.05, 4.69) is 27.7 Å². The Hall–Kier alpha value is 1.69. The Labute approximate surface area is 101 Å². The van der Waals surface area contributed by atoms with Crippen LogP contribution in [0.4, 0.5) is 0 Å². The van der Waals surface area contributed by atoms with Crippen LogP contribution in [-0.2, 0) is 0 Å². The van der Waals surface area contributed by atoms with Gasteiger partial charge in [-0.1, -0.05) is 0 Å². The van der Waals surface area contributed by atoms with Gasteiger partial charge in [0.2, 0.25) is 0 Å². The van der Waals surface area contributed by atoms with Gasteiger partial charge in [-0.3, -0.25) is 0 Å². The Morgan fingerprint density at radius 2 is 1.23 bits per heavy atom. The van der Waals surface area contributed by atoms with E-state index in [0.717, 1.165) is 52.4 Å². The molecule has 5 heteroatoms. The molecule has 1 saturated heterocycles. The van der Waals surface area contributed by atoms with E-state index >= 15 is 0 Å². The van der Waals surface area contributed by atoms with Gasteiger partial charge in [-0.2, -0.15) is 0 Å². The molecule has 13 heavy (non-hydrogen) atoms. The Morgan fingerprint density at radius 3 is 1.54 bits per heavy atom. The second kappa shape index (κ2) is 6.31. The maximum atomic E-state index is 2.38. The molecular formula is C8H18B2Se3. The van der Waals surface area contributed by atoms with Crippen molar-refractivity contribution in [2.24, 2.45) is 11.8 Å². The fourth-order valence-electron chi connectivity index (χ4n) is 1.30. The van der Waals surface area contributed by atoms with Crippen molar-refractivity contribution in [3.8, 4) is 0 Å². The second-order valence-corrected chi connectivity index (χ2v) is 17.8. The van der Waals surface area contributed by atoms with Crippen LogP contribution in [0.1, 0.15) is 27.7 Å². The summed E-state index contributed by atoms with van der Waals surface area (Å²) in [4.78, 5) is 0. The van der Waals surface area contributed by atoms with Gasteiger partial charge in [-0.15, -0.1) is 0 Å². The number of rotatable bonds is 4. The van der Waals surface area contributed by atoms with Gasteiger partial charge in [0.05, 0.1) is 0 Å². The summed E-state index contributed by atoms with van der Waals surface area (Å²) in [6, 6.07) is 0. The molecule has 0 atom stereocenters. The monoisotopic (exact) mass is 376 g/mol. The Balaban J connectivity index is 2.20. The van der Waals surface area contributed by atoms with Gasteiger partial charge in [0.15, 0.2) is 0 Å². The molecule has 0 nitrogen and oxygen atoms in total. The van der Waals surface area contributed by atoms with Crippen molar-refractivity contribution in [2.45, 2.75) is 40.3 Å². The molecule has 1 rings (SSSR count). The molecule has 0 aromatic heterocycles. The zero-order chi connectivity index (χ0) is 9.84. The first kappa shape index (κ1) is 12.8. The molecule has 0 radical (unpaired) electrons. The van der Waals surface area contributed by atoms with Crippen molar-refractivity contribution in [1.82, 2.24) is 0 Å². The summed E-state index contributed by atoms with van der Waals surface area (Å²) in [7, 11) is 0. The van der Waals surface area contributed by atoms with Crippen molar-refractivity contribution in [3.05, 3.63) is 0 Å². The normalized spacial score (nSPS) is 18.0. The summed E-state index contributed by atoms with van der Waals surface area (Å²) < 4.78 is 2.42. The van der Waals surface area contributed by atoms with Crippen LogP contribution in [0.3, 0.4) is 0 Å². The van der Waals surface area contributed by atoms with Gasteiger partial charge in [-0.05, 0) is 0 Å². The standard InChI is InChI=1S/C8H18B2Se3/c1-7(2)5-9-11-10(13-12-9)6-8(3)4/h7-8H,5-6H2,1-4H3. The SMILES string of the molecule is CC(C)CB1[Se][Se]B(CC(C)C)[Se]1. The van der Waals surface area contributed by atoms with Crippen LogP contribution in [0.2, 0.25) is 12.6 Å². The molecule has 0 aliphatic carbocycles. The van der Waals surface area contributed by atoms with Gasteiger partial charge in [0.25, 0.3) is 0 Å². The molecule has 0 spiro atoms. The van der Waals surface area contributed by atoms with Crippen LogP contribution in [0.25, 0.3) is 0 Å². The second-order valence-electron chi connectivity index (χ2n) is 4.45. The van der Waals surface area contributed by atoms with E-state index in [9.17, 15) is 0 Å². The van der Waals surface area contributed by atoms with Crippen LogP contribution < -0.4 is 0 Å². The van der Waals surface area contributed by atoms with Crippen LogP contribution in [-0.4, -0.2) is 49.2 Å². The van der Waals surface area contributed by atoms with Crippen molar-refractivity contribution < 1.29 is 0 Å². The fourth-order valence-corrected chi connectivity index (χ4v) is 27.2.